The number of hydrazine groups is 1. The van der Waals surface area contributed by atoms with Crippen molar-refractivity contribution in [3.8, 4) is 17.2 Å². The largest absolute Gasteiger partial charge is 0.496 e. The van der Waals surface area contributed by atoms with Crippen LogP contribution in [0.4, 0.5) is 0 Å². The van der Waals surface area contributed by atoms with Gasteiger partial charge < -0.3 is 14.2 Å². The number of rotatable bonds is 7. The first-order chi connectivity index (χ1) is 9.08. The summed E-state index contributed by atoms with van der Waals surface area (Å²) in [5.74, 6) is 6.75. The third-order valence-electron chi connectivity index (χ3n) is 2.60. The summed E-state index contributed by atoms with van der Waals surface area (Å²) in [7, 11) is 3.15. The lowest BCUT2D eigenvalue weighted by molar-refractivity contribution is -0.121. The van der Waals surface area contributed by atoms with E-state index in [-0.39, 0.29) is 12.0 Å². The lowest BCUT2D eigenvalue weighted by Crippen LogP contribution is -2.30. The van der Waals surface area contributed by atoms with Gasteiger partial charge in [-0.25, -0.2) is 5.84 Å². The Morgan fingerprint density at radius 2 is 1.74 bits per heavy atom. The van der Waals surface area contributed by atoms with Crippen LogP contribution in [-0.4, -0.2) is 26.2 Å². The van der Waals surface area contributed by atoms with Gasteiger partial charge in [-0.1, -0.05) is 0 Å². The molecule has 0 spiro atoms. The van der Waals surface area contributed by atoms with Crippen molar-refractivity contribution in [3.63, 3.8) is 0 Å². The van der Waals surface area contributed by atoms with Crippen LogP contribution in [-0.2, 0) is 4.79 Å². The first-order valence-corrected chi connectivity index (χ1v) is 5.98. The Morgan fingerprint density at radius 3 is 2.21 bits per heavy atom. The predicted octanol–water partition coefficient (Wildman–Crippen LogP) is 1.24. The fourth-order valence-corrected chi connectivity index (χ4v) is 1.55. The molecule has 3 N–H and O–H groups in total. The zero-order valence-electron chi connectivity index (χ0n) is 11.4. The molecule has 0 aromatic heterocycles. The Hall–Kier alpha value is -1.95. The van der Waals surface area contributed by atoms with Crippen molar-refractivity contribution in [2.75, 3.05) is 14.2 Å². The van der Waals surface area contributed by atoms with Crippen molar-refractivity contribution in [2.45, 2.75) is 25.9 Å². The fraction of sp³-hybridized carbons (Fsp3) is 0.462. The van der Waals surface area contributed by atoms with Crippen molar-refractivity contribution in [1.29, 1.82) is 0 Å². The number of methoxy groups -OCH3 is 2. The lowest BCUT2D eigenvalue weighted by atomic mass is 10.2. The zero-order valence-corrected chi connectivity index (χ0v) is 11.4. The second kappa shape index (κ2) is 7.48. The van der Waals surface area contributed by atoms with Gasteiger partial charge >= 0.3 is 0 Å². The SMILES string of the molecule is COc1cc(OC)cc(OC(C)CCC(=O)NN)c1. The second-order valence-electron chi connectivity index (χ2n) is 4.08. The van der Waals surface area contributed by atoms with Crippen molar-refractivity contribution < 1.29 is 19.0 Å². The van der Waals surface area contributed by atoms with Crippen LogP contribution in [0.15, 0.2) is 18.2 Å². The molecule has 0 aliphatic rings. The van der Waals surface area contributed by atoms with Gasteiger partial charge in [0.2, 0.25) is 5.91 Å². The fourth-order valence-electron chi connectivity index (χ4n) is 1.55. The molecule has 0 bridgehead atoms. The van der Waals surface area contributed by atoms with Crippen molar-refractivity contribution in [3.05, 3.63) is 18.2 Å². The number of carbonyl (C=O) groups excluding carboxylic acids is 1. The summed E-state index contributed by atoms with van der Waals surface area (Å²) in [4.78, 5) is 11.0. The van der Waals surface area contributed by atoms with Crippen molar-refractivity contribution >= 4 is 5.91 Å². The monoisotopic (exact) mass is 268 g/mol. The van der Waals surface area contributed by atoms with Gasteiger partial charge in [0.15, 0.2) is 0 Å². The highest BCUT2D eigenvalue weighted by Gasteiger charge is 2.09. The van der Waals surface area contributed by atoms with E-state index in [1.165, 1.54) is 0 Å². The first-order valence-electron chi connectivity index (χ1n) is 5.98. The zero-order chi connectivity index (χ0) is 14.3. The number of carbonyl (C=O) groups is 1. The Kier molecular flexibility index (Phi) is 5.95. The van der Waals surface area contributed by atoms with Gasteiger partial charge in [-0.15, -0.1) is 0 Å². The molecule has 0 heterocycles. The Balaban J connectivity index is 2.62. The van der Waals surface area contributed by atoms with E-state index in [2.05, 4.69) is 5.43 Å². The van der Waals surface area contributed by atoms with Crippen LogP contribution >= 0.6 is 0 Å². The third-order valence-corrected chi connectivity index (χ3v) is 2.60. The molecule has 0 aliphatic heterocycles. The van der Waals surface area contributed by atoms with Gasteiger partial charge in [-0.2, -0.15) is 0 Å². The van der Waals surface area contributed by atoms with Gasteiger partial charge in [0.1, 0.15) is 17.2 Å². The summed E-state index contributed by atoms with van der Waals surface area (Å²) in [5, 5.41) is 0. The minimum absolute atomic E-state index is 0.117. The maximum atomic E-state index is 11.0. The summed E-state index contributed by atoms with van der Waals surface area (Å²) in [6.45, 7) is 1.88. The van der Waals surface area contributed by atoms with Crippen molar-refractivity contribution in [1.82, 2.24) is 5.43 Å². The molecule has 0 radical (unpaired) electrons. The Bertz CT molecular complexity index is 401. The predicted molar refractivity (Wildman–Crippen MR) is 71.2 cm³/mol. The Labute approximate surface area is 112 Å². The van der Waals surface area contributed by atoms with Gasteiger partial charge in [-0.05, 0) is 13.3 Å². The van der Waals surface area contributed by atoms with Gasteiger partial charge in [0, 0.05) is 24.6 Å². The highest BCUT2D eigenvalue weighted by molar-refractivity contribution is 5.75. The number of benzene rings is 1. The molecule has 0 aliphatic carbocycles. The molecule has 19 heavy (non-hydrogen) atoms. The van der Waals surface area contributed by atoms with Crippen LogP contribution in [0.25, 0.3) is 0 Å². The van der Waals surface area contributed by atoms with E-state index < -0.39 is 0 Å². The molecule has 6 heteroatoms. The molecule has 1 aromatic rings. The van der Waals surface area contributed by atoms with E-state index in [1.54, 1.807) is 32.4 Å². The van der Waals surface area contributed by atoms with E-state index in [9.17, 15) is 4.79 Å². The Morgan fingerprint density at radius 1 is 1.21 bits per heavy atom. The molecule has 106 valence electrons. The van der Waals surface area contributed by atoms with Gasteiger partial charge in [-0.3, -0.25) is 10.2 Å². The molecular weight excluding hydrogens is 248 g/mol. The number of amides is 1. The average Bonchev–Trinajstić information content (AvgIpc) is 2.44. The van der Waals surface area contributed by atoms with E-state index in [1.807, 2.05) is 6.92 Å². The van der Waals surface area contributed by atoms with Crippen LogP contribution in [0, 0.1) is 0 Å². The number of nitrogens with one attached hydrogen (secondary N) is 1. The highest BCUT2D eigenvalue weighted by Crippen LogP contribution is 2.28. The number of hydrogen-bond acceptors (Lipinski definition) is 5. The van der Waals surface area contributed by atoms with Crippen LogP contribution in [0.1, 0.15) is 19.8 Å². The van der Waals surface area contributed by atoms with E-state index in [0.717, 1.165) is 0 Å². The average molecular weight is 268 g/mol. The standard InChI is InChI=1S/C13H20N2O4/c1-9(4-5-13(16)15-14)19-12-7-10(17-2)6-11(8-12)18-3/h6-9H,4-5,14H2,1-3H3,(H,15,16). The molecule has 6 nitrogen and oxygen atoms in total. The molecular formula is C13H20N2O4. The summed E-state index contributed by atoms with van der Waals surface area (Å²) >= 11 is 0. The van der Waals surface area contributed by atoms with Crippen LogP contribution < -0.4 is 25.5 Å². The summed E-state index contributed by atoms with van der Waals surface area (Å²) in [5.41, 5.74) is 2.09. The molecule has 1 aromatic carbocycles. The normalized spacial score (nSPS) is 11.6. The number of ether oxygens (including phenoxy) is 3. The van der Waals surface area contributed by atoms with E-state index in [0.29, 0.717) is 30.1 Å². The van der Waals surface area contributed by atoms with E-state index in [4.69, 9.17) is 20.1 Å². The number of nitrogens with two attached hydrogens (primary N) is 1. The minimum atomic E-state index is -0.210. The molecule has 1 amide bonds. The summed E-state index contributed by atoms with van der Waals surface area (Å²) < 4.78 is 16.0. The molecule has 0 saturated heterocycles. The van der Waals surface area contributed by atoms with Crippen LogP contribution in [0.2, 0.25) is 0 Å². The number of hydrogen-bond donors (Lipinski definition) is 2. The molecule has 1 atom stereocenters. The van der Waals surface area contributed by atoms with Crippen molar-refractivity contribution in [2.24, 2.45) is 5.84 Å². The quantitative estimate of drug-likeness (QED) is 0.441. The maximum absolute atomic E-state index is 11.0. The summed E-state index contributed by atoms with van der Waals surface area (Å²) in [6.07, 6.45) is 0.774. The molecule has 1 unspecified atom stereocenters. The molecule has 1 rings (SSSR count). The van der Waals surface area contributed by atoms with E-state index >= 15 is 0 Å². The summed E-state index contributed by atoms with van der Waals surface area (Å²) in [6, 6.07) is 5.30. The van der Waals surface area contributed by atoms with Crippen LogP contribution in [0.3, 0.4) is 0 Å². The topological polar surface area (TPSA) is 82.8 Å². The second-order valence-corrected chi connectivity index (χ2v) is 4.08. The first kappa shape index (κ1) is 15.1. The maximum Gasteiger partial charge on any atom is 0.234 e. The molecule has 0 fully saturated rings. The smallest absolute Gasteiger partial charge is 0.234 e. The lowest BCUT2D eigenvalue weighted by Gasteiger charge is -2.15. The van der Waals surface area contributed by atoms with Gasteiger partial charge in [0.25, 0.3) is 0 Å². The minimum Gasteiger partial charge on any atom is -0.496 e. The highest BCUT2D eigenvalue weighted by atomic mass is 16.5. The van der Waals surface area contributed by atoms with Gasteiger partial charge in [0.05, 0.1) is 20.3 Å². The molecule has 0 saturated carbocycles. The third kappa shape index (κ3) is 5.05. The van der Waals surface area contributed by atoms with Crippen LogP contribution in [0.5, 0.6) is 17.2 Å².